The molecule has 9 heteroatoms. The fraction of sp³-hybridized carbons (Fsp3) is 0.0556. The van der Waals surface area contributed by atoms with Crippen LogP contribution in [-0.2, 0) is 11.2 Å². The summed E-state index contributed by atoms with van der Waals surface area (Å²) in [6, 6.07) is 9.95. The van der Waals surface area contributed by atoms with Crippen LogP contribution < -0.4 is 10.6 Å². The average molecular weight is 398 g/mol. The lowest BCUT2D eigenvalue weighted by atomic mass is 10.2. The number of aromatic nitrogens is 2. The van der Waals surface area contributed by atoms with Crippen LogP contribution in [-0.4, -0.2) is 21.8 Å². The average Bonchev–Trinajstić information content (AvgIpc) is 3.18. The van der Waals surface area contributed by atoms with Crippen LogP contribution in [0.25, 0.3) is 0 Å². The molecule has 3 aromatic rings. The van der Waals surface area contributed by atoms with E-state index in [2.05, 4.69) is 20.6 Å². The molecule has 3 rings (SSSR count). The lowest BCUT2D eigenvalue weighted by Gasteiger charge is -2.07. The summed E-state index contributed by atoms with van der Waals surface area (Å²) in [5, 5.41) is 16.1. The zero-order valence-corrected chi connectivity index (χ0v) is 15.3. The van der Waals surface area contributed by atoms with Crippen molar-refractivity contribution >= 4 is 46.3 Å². The van der Waals surface area contributed by atoms with Gasteiger partial charge in [-0.15, -0.1) is 11.3 Å². The molecule has 0 bridgehead atoms. The first-order valence-corrected chi connectivity index (χ1v) is 9.01. The Morgan fingerprint density at radius 2 is 2.04 bits per heavy atom. The third-order valence-electron chi connectivity index (χ3n) is 3.47. The molecule has 2 heterocycles. The molecule has 134 valence electrons. The Morgan fingerprint density at radius 3 is 2.67 bits per heavy atom. The van der Waals surface area contributed by atoms with E-state index in [1.165, 1.54) is 23.6 Å². The largest absolute Gasteiger partial charge is 0.326 e. The summed E-state index contributed by atoms with van der Waals surface area (Å²) in [5.41, 5.74) is 3.42. The van der Waals surface area contributed by atoms with E-state index >= 15 is 0 Å². The van der Waals surface area contributed by atoms with Gasteiger partial charge < -0.3 is 10.6 Å². The van der Waals surface area contributed by atoms with Crippen LogP contribution in [0.15, 0.2) is 47.4 Å². The number of nitrogens with zero attached hydrogens (tertiary/aromatic N) is 3. The number of hydrogen-bond acceptors (Lipinski definition) is 6. The number of carbonyl (C=O) groups is 2. The molecule has 0 saturated carbocycles. The first-order valence-electron chi connectivity index (χ1n) is 7.69. The molecule has 7 nitrogen and oxygen atoms in total. The Kier molecular flexibility index (Phi) is 5.76. The number of nitrogens with one attached hydrogen (secondary N) is 2. The third kappa shape index (κ3) is 4.88. The number of amides is 2. The molecular weight excluding hydrogens is 386 g/mol. The summed E-state index contributed by atoms with van der Waals surface area (Å²) >= 11 is 7.28. The van der Waals surface area contributed by atoms with Crippen LogP contribution in [0, 0.1) is 11.3 Å². The van der Waals surface area contributed by atoms with Crippen molar-refractivity contribution in [3.8, 4) is 6.07 Å². The molecule has 0 unspecified atom stereocenters. The molecule has 2 aromatic heterocycles. The number of anilines is 2. The van der Waals surface area contributed by atoms with Crippen LogP contribution in [0.2, 0.25) is 5.02 Å². The van der Waals surface area contributed by atoms with E-state index in [1.807, 2.05) is 6.07 Å². The summed E-state index contributed by atoms with van der Waals surface area (Å²) in [4.78, 5) is 32.1. The quantitative estimate of drug-likeness (QED) is 0.685. The van der Waals surface area contributed by atoms with Crippen molar-refractivity contribution in [3.63, 3.8) is 0 Å². The highest BCUT2D eigenvalue weighted by molar-refractivity contribution is 7.07. The Morgan fingerprint density at radius 1 is 1.19 bits per heavy atom. The maximum atomic E-state index is 12.1. The van der Waals surface area contributed by atoms with E-state index < -0.39 is 0 Å². The molecule has 1 aromatic carbocycles. The van der Waals surface area contributed by atoms with Gasteiger partial charge in [-0.3, -0.25) is 9.59 Å². The van der Waals surface area contributed by atoms with E-state index in [0.29, 0.717) is 28.3 Å². The molecule has 0 radical (unpaired) electrons. The summed E-state index contributed by atoms with van der Waals surface area (Å²) < 4.78 is 0. The van der Waals surface area contributed by atoms with Gasteiger partial charge in [-0.1, -0.05) is 17.7 Å². The number of benzene rings is 1. The second-order valence-corrected chi connectivity index (χ2v) is 6.54. The van der Waals surface area contributed by atoms with E-state index in [-0.39, 0.29) is 23.3 Å². The van der Waals surface area contributed by atoms with Gasteiger partial charge in [0.05, 0.1) is 22.5 Å². The minimum Gasteiger partial charge on any atom is -0.326 e. The lowest BCUT2D eigenvalue weighted by molar-refractivity contribution is -0.115. The number of pyridine rings is 1. The van der Waals surface area contributed by atoms with Crippen LogP contribution in [0.4, 0.5) is 11.5 Å². The zero-order chi connectivity index (χ0) is 19.2. The number of thiazole rings is 1. The van der Waals surface area contributed by atoms with Crippen molar-refractivity contribution in [3.05, 3.63) is 69.3 Å². The van der Waals surface area contributed by atoms with Gasteiger partial charge in [0.15, 0.2) is 0 Å². The first kappa shape index (κ1) is 18.5. The van der Waals surface area contributed by atoms with E-state index in [4.69, 9.17) is 16.9 Å². The Labute approximate surface area is 163 Å². The predicted molar refractivity (Wildman–Crippen MR) is 103 cm³/mol. The molecule has 0 aliphatic carbocycles. The Bertz CT molecular complexity index is 1010. The van der Waals surface area contributed by atoms with Gasteiger partial charge in [-0.05, 0) is 29.8 Å². The van der Waals surface area contributed by atoms with Crippen molar-refractivity contribution in [2.75, 3.05) is 10.6 Å². The molecule has 0 fully saturated rings. The third-order valence-corrected chi connectivity index (χ3v) is 4.37. The molecule has 0 aliphatic rings. The first-order chi connectivity index (χ1) is 13.0. The second kappa shape index (κ2) is 8.40. The fourth-order valence-electron chi connectivity index (χ4n) is 2.18. The summed E-state index contributed by atoms with van der Waals surface area (Å²) in [6.45, 7) is 0. The summed E-state index contributed by atoms with van der Waals surface area (Å²) in [6.07, 6.45) is 1.62. The predicted octanol–water partition coefficient (Wildman–Crippen LogP) is 3.50. The van der Waals surface area contributed by atoms with Gasteiger partial charge in [-0.25, -0.2) is 9.97 Å². The fourth-order valence-corrected chi connectivity index (χ4v) is 2.94. The van der Waals surface area contributed by atoms with Gasteiger partial charge in [0.25, 0.3) is 5.91 Å². The van der Waals surface area contributed by atoms with Crippen molar-refractivity contribution in [2.24, 2.45) is 0 Å². The maximum absolute atomic E-state index is 12.1. The zero-order valence-electron chi connectivity index (χ0n) is 13.8. The van der Waals surface area contributed by atoms with Gasteiger partial charge in [0.2, 0.25) is 5.91 Å². The maximum Gasteiger partial charge on any atom is 0.276 e. The van der Waals surface area contributed by atoms with Crippen molar-refractivity contribution in [1.29, 1.82) is 5.26 Å². The number of halogens is 1. The second-order valence-electron chi connectivity index (χ2n) is 5.41. The topological polar surface area (TPSA) is 108 Å². The van der Waals surface area contributed by atoms with E-state index in [9.17, 15) is 9.59 Å². The monoisotopic (exact) mass is 397 g/mol. The number of rotatable bonds is 5. The number of carbonyl (C=O) groups excluding carboxylic acids is 2. The minimum absolute atomic E-state index is 0.102. The Hall–Kier alpha value is -3.28. The molecule has 2 N–H and O–H groups in total. The van der Waals surface area contributed by atoms with Gasteiger partial charge >= 0.3 is 0 Å². The van der Waals surface area contributed by atoms with Crippen molar-refractivity contribution in [1.82, 2.24) is 9.97 Å². The molecule has 0 atom stereocenters. The summed E-state index contributed by atoms with van der Waals surface area (Å²) in [7, 11) is 0. The number of hydrogen-bond donors (Lipinski definition) is 2. The molecule has 0 saturated heterocycles. The van der Waals surface area contributed by atoms with Crippen LogP contribution in [0.3, 0.4) is 0 Å². The molecular formula is C18H12ClN5O2S. The van der Waals surface area contributed by atoms with Gasteiger partial charge in [0.1, 0.15) is 17.6 Å². The highest BCUT2D eigenvalue weighted by Crippen LogP contribution is 2.20. The summed E-state index contributed by atoms with van der Waals surface area (Å²) in [5.74, 6) is -0.222. The molecule has 27 heavy (non-hydrogen) atoms. The highest BCUT2D eigenvalue weighted by Gasteiger charge is 2.10. The standard InChI is InChI=1S/C18H12ClN5O2S/c19-14-6-13(3-2-12(14)7-20)23-17(25)5-11-1-4-16(21-8-11)24-18(26)15-9-27-10-22-15/h1-4,6,8-10H,5H2,(H,23,25)(H,21,24,26). The number of nitriles is 1. The van der Waals surface area contributed by atoms with E-state index in [1.54, 1.807) is 35.2 Å². The minimum atomic E-state index is -0.341. The lowest BCUT2D eigenvalue weighted by Crippen LogP contribution is -2.15. The van der Waals surface area contributed by atoms with Crippen LogP contribution in [0.5, 0.6) is 0 Å². The van der Waals surface area contributed by atoms with E-state index in [0.717, 1.165) is 0 Å². The molecule has 0 aliphatic heterocycles. The normalized spacial score (nSPS) is 10.1. The van der Waals surface area contributed by atoms with Crippen LogP contribution in [0.1, 0.15) is 21.6 Å². The van der Waals surface area contributed by atoms with Gasteiger partial charge in [0, 0.05) is 17.3 Å². The molecule has 0 spiro atoms. The van der Waals surface area contributed by atoms with Gasteiger partial charge in [-0.2, -0.15) is 5.26 Å². The Balaban J connectivity index is 1.57. The smallest absolute Gasteiger partial charge is 0.276 e. The van der Waals surface area contributed by atoms with Crippen molar-refractivity contribution in [2.45, 2.75) is 6.42 Å². The molecule has 2 amide bonds. The highest BCUT2D eigenvalue weighted by atomic mass is 35.5. The SMILES string of the molecule is N#Cc1ccc(NC(=O)Cc2ccc(NC(=O)c3cscn3)nc2)cc1Cl. The van der Waals surface area contributed by atoms with Crippen LogP contribution >= 0.6 is 22.9 Å². The van der Waals surface area contributed by atoms with Crippen molar-refractivity contribution < 1.29 is 9.59 Å².